The van der Waals surface area contributed by atoms with Crippen molar-refractivity contribution in [2.45, 2.75) is 13.3 Å². The Hall–Kier alpha value is -3.35. The van der Waals surface area contributed by atoms with Crippen molar-refractivity contribution in [3.05, 3.63) is 65.6 Å². The maximum absolute atomic E-state index is 13.7. The van der Waals surface area contributed by atoms with Crippen LogP contribution in [0.15, 0.2) is 48.5 Å². The van der Waals surface area contributed by atoms with Crippen molar-refractivity contribution in [3.63, 3.8) is 0 Å². The number of ether oxygens (including phenoxy) is 2. The van der Waals surface area contributed by atoms with Crippen molar-refractivity contribution in [1.82, 2.24) is 9.97 Å². The average molecular weight is 380 g/mol. The van der Waals surface area contributed by atoms with Crippen LogP contribution < -0.4 is 20.1 Å². The van der Waals surface area contributed by atoms with E-state index in [1.54, 1.807) is 12.1 Å². The summed E-state index contributed by atoms with van der Waals surface area (Å²) in [6.07, 6.45) is 0.570. The van der Waals surface area contributed by atoms with E-state index in [0.717, 1.165) is 17.1 Å². The van der Waals surface area contributed by atoms with Crippen LogP contribution in [0.25, 0.3) is 0 Å². The monoisotopic (exact) mass is 380 g/mol. The van der Waals surface area contributed by atoms with Gasteiger partial charge in [-0.25, -0.2) is 9.37 Å². The van der Waals surface area contributed by atoms with Crippen molar-refractivity contribution < 1.29 is 13.9 Å². The fourth-order valence-corrected chi connectivity index (χ4v) is 2.99. The molecule has 2 N–H and O–H groups in total. The quantitative estimate of drug-likeness (QED) is 0.671. The molecule has 0 atom stereocenters. The average Bonchev–Trinajstić information content (AvgIpc) is 2.69. The molecule has 3 aromatic rings. The number of halogens is 1. The molecule has 0 saturated carbocycles. The van der Waals surface area contributed by atoms with Gasteiger partial charge in [-0.3, -0.25) is 0 Å². The minimum Gasteiger partial charge on any atom is -0.486 e. The predicted octanol–water partition coefficient (Wildman–Crippen LogP) is 4.09. The number of aryl methyl sites for hydroxylation is 1. The van der Waals surface area contributed by atoms with Gasteiger partial charge in [0, 0.05) is 30.1 Å². The van der Waals surface area contributed by atoms with Crippen LogP contribution in [-0.2, 0) is 6.42 Å². The minimum absolute atomic E-state index is 0.191. The number of nitrogens with zero attached hydrogens (tertiary/aromatic N) is 2. The third-order valence-electron chi connectivity index (χ3n) is 4.31. The van der Waals surface area contributed by atoms with Gasteiger partial charge < -0.3 is 20.1 Å². The molecule has 0 saturated heterocycles. The number of benzene rings is 2. The Morgan fingerprint density at radius 1 is 1.00 bits per heavy atom. The highest BCUT2D eigenvalue weighted by Gasteiger charge is 2.12. The van der Waals surface area contributed by atoms with Crippen LogP contribution in [0, 0.1) is 12.7 Å². The van der Waals surface area contributed by atoms with Crippen molar-refractivity contribution in [1.29, 1.82) is 0 Å². The highest BCUT2D eigenvalue weighted by Crippen LogP contribution is 2.33. The highest BCUT2D eigenvalue weighted by atomic mass is 19.1. The van der Waals surface area contributed by atoms with Crippen LogP contribution in [0.3, 0.4) is 0 Å². The molecular formula is C21H21FN4O2. The highest BCUT2D eigenvalue weighted by molar-refractivity contribution is 5.61. The summed E-state index contributed by atoms with van der Waals surface area (Å²) >= 11 is 0. The zero-order valence-corrected chi connectivity index (χ0v) is 15.5. The van der Waals surface area contributed by atoms with Crippen molar-refractivity contribution in [2.24, 2.45) is 0 Å². The van der Waals surface area contributed by atoms with E-state index in [0.29, 0.717) is 49.3 Å². The Bertz CT molecular complexity index is 980. The first kappa shape index (κ1) is 18.0. The zero-order valence-electron chi connectivity index (χ0n) is 15.5. The first-order valence-electron chi connectivity index (χ1n) is 9.17. The number of aromatic nitrogens is 2. The molecule has 28 heavy (non-hydrogen) atoms. The second kappa shape index (κ2) is 8.12. The molecule has 144 valence electrons. The second-order valence-corrected chi connectivity index (χ2v) is 6.47. The van der Waals surface area contributed by atoms with E-state index < -0.39 is 0 Å². The molecule has 0 bridgehead atoms. The summed E-state index contributed by atoms with van der Waals surface area (Å²) in [6.45, 7) is 3.57. The van der Waals surface area contributed by atoms with Gasteiger partial charge in [-0.1, -0.05) is 18.2 Å². The molecule has 1 aromatic heterocycles. The van der Waals surface area contributed by atoms with E-state index in [1.165, 1.54) is 6.07 Å². The fourth-order valence-electron chi connectivity index (χ4n) is 2.99. The summed E-state index contributed by atoms with van der Waals surface area (Å²) in [5, 5.41) is 6.43. The fraction of sp³-hybridized carbons (Fsp3) is 0.238. The second-order valence-electron chi connectivity index (χ2n) is 6.47. The Morgan fingerprint density at radius 2 is 1.82 bits per heavy atom. The summed E-state index contributed by atoms with van der Waals surface area (Å²) in [7, 11) is 0. The van der Waals surface area contributed by atoms with E-state index >= 15 is 0 Å². The summed E-state index contributed by atoms with van der Waals surface area (Å²) in [4.78, 5) is 8.92. The molecule has 0 spiro atoms. The largest absolute Gasteiger partial charge is 0.486 e. The molecule has 0 unspecified atom stereocenters. The van der Waals surface area contributed by atoms with Crippen LogP contribution in [0.4, 0.5) is 21.8 Å². The Morgan fingerprint density at radius 3 is 2.68 bits per heavy atom. The van der Waals surface area contributed by atoms with Gasteiger partial charge in [-0.05, 0) is 37.1 Å². The van der Waals surface area contributed by atoms with Crippen molar-refractivity contribution in [3.8, 4) is 11.5 Å². The summed E-state index contributed by atoms with van der Waals surface area (Å²) in [6, 6.07) is 14.3. The standard InChI is InChI=1S/C21H21FN4O2/c1-14-12-20(23-9-8-15-4-2-3-5-17(15)22)26-21(24-14)25-16-6-7-18-19(13-16)28-11-10-27-18/h2-7,12-13H,8-11H2,1H3,(H2,23,24,25,26). The van der Waals surface area contributed by atoms with E-state index in [4.69, 9.17) is 9.47 Å². The number of fused-ring (bicyclic) bond motifs is 1. The Labute approximate surface area is 162 Å². The lowest BCUT2D eigenvalue weighted by Crippen LogP contribution is -2.15. The molecule has 6 nitrogen and oxygen atoms in total. The topological polar surface area (TPSA) is 68.3 Å². The van der Waals surface area contributed by atoms with Crippen LogP contribution in [0.5, 0.6) is 11.5 Å². The third kappa shape index (κ3) is 4.31. The predicted molar refractivity (Wildman–Crippen MR) is 106 cm³/mol. The summed E-state index contributed by atoms with van der Waals surface area (Å²) in [5.74, 6) is 2.41. The SMILES string of the molecule is Cc1cc(NCCc2ccccc2F)nc(Nc2ccc3c(c2)OCCO3)n1. The molecule has 0 radical (unpaired) electrons. The van der Waals surface area contributed by atoms with Gasteiger partial charge in [0.05, 0.1) is 0 Å². The number of anilines is 3. The molecule has 1 aliphatic heterocycles. The van der Waals surface area contributed by atoms with Gasteiger partial charge in [0.2, 0.25) is 5.95 Å². The van der Waals surface area contributed by atoms with Gasteiger partial charge in [0.25, 0.3) is 0 Å². The number of rotatable bonds is 6. The van der Waals surface area contributed by atoms with E-state index in [9.17, 15) is 4.39 Å². The van der Waals surface area contributed by atoms with E-state index in [1.807, 2.05) is 37.3 Å². The Balaban J connectivity index is 1.43. The van der Waals surface area contributed by atoms with Gasteiger partial charge in [0.1, 0.15) is 24.8 Å². The molecular weight excluding hydrogens is 359 g/mol. The first-order chi connectivity index (χ1) is 13.7. The molecule has 0 aliphatic carbocycles. The smallest absolute Gasteiger partial charge is 0.229 e. The van der Waals surface area contributed by atoms with Crippen molar-refractivity contribution >= 4 is 17.5 Å². The number of nitrogens with one attached hydrogen (secondary N) is 2. The molecule has 0 fully saturated rings. The summed E-state index contributed by atoms with van der Waals surface area (Å²) < 4.78 is 24.9. The lowest BCUT2D eigenvalue weighted by Gasteiger charge is -2.19. The molecule has 2 aromatic carbocycles. The van der Waals surface area contributed by atoms with Crippen LogP contribution in [0.1, 0.15) is 11.3 Å². The maximum atomic E-state index is 13.7. The minimum atomic E-state index is -0.191. The van der Waals surface area contributed by atoms with Gasteiger partial charge in [0.15, 0.2) is 11.5 Å². The maximum Gasteiger partial charge on any atom is 0.229 e. The van der Waals surface area contributed by atoms with Gasteiger partial charge >= 0.3 is 0 Å². The van der Waals surface area contributed by atoms with Crippen LogP contribution in [-0.4, -0.2) is 29.7 Å². The molecule has 0 amide bonds. The number of hydrogen-bond acceptors (Lipinski definition) is 6. The lowest BCUT2D eigenvalue weighted by molar-refractivity contribution is 0.171. The van der Waals surface area contributed by atoms with Crippen molar-refractivity contribution in [2.75, 3.05) is 30.4 Å². The number of hydrogen-bond donors (Lipinski definition) is 2. The van der Waals surface area contributed by atoms with Gasteiger partial charge in [-0.15, -0.1) is 0 Å². The molecule has 4 rings (SSSR count). The lowest BCUT2D eigenvalue weighted by atomic mass is 10.1. The first-order valence-corrected chi connectivity index (χ1v) is 9.17. The molecule has 7 heteroatoms. The molecule has 1 aliphatic rings. The molecule has 2 heterocycles. The third-order valence-corrected chi connectivity index (χ3v) is 4.31. The van der Waals surface area contributed by atoms with Crippen LogP contribution >= 0.6 is 0 Å². The normalized spacial score (nSPS) is 12.5. The van der Waals surface area contributed by atoms with E-state index in [2.05, 4.69) is 20.6 Å². The Kier molecular flexibility index (Phi) is 5.23. The van der Waals surface area contributed by atoms with Crippen LogP contribution in [0.2, 0.25) is 0 Å². The zero-order chi connectivity index (χ0) is 19.3. The van der Waals surface area contributed by atoms with E-state index in [-0.39, 0.29) is 5.82 Å². The summed E-state index contributed by atoms with van der Waals surface area (Å²) in [5.41, 5.74) is 2.31. The van der Waals surface area contributed by atoms with Gasteiger partial charge in [-0.2, -0.15) is 4.98 Å².